The number of hydrogen-bond donors (Lipinski definition) is 2. The predicted molar refractivity (Wildman–Crippen MR) is 55.7 cm³/mol. The van der Waals surface area contributed by atoms with Gasteiger partial charge in [-0.15, -0.1) is 0 Å². The van der Waals surface area contributed by atoms with E-state index in [1.165, 1.54) is 0 Å². The van der Waals surface area contributed by atoms with E-state index in [0.717, 1.165) is 19.3 Å². The van der Waals surface area contributed by atoms with E-state index in [0.29, 0.717) is 18.9 Å². The van der Waals surface area contributed by atoms with Gasteiger partial charge in [-0.1, -0.05) is 0 Å². The van der Waals surface area contributed by atoms with E-state index in [1.54, 1.807) is 0 Å². The van der Waals surface area contributed by atoms with Gasteiger partial charge in [-0.05, 0) is 31.6 Å². The first kappa shape index (κ1) is 10.9. The summed E-state index contributed by atoms with van der Waals surface area (Å²) in [6.07, 6.45) is 3.44. The summed E-state index contributed by atoms with van der Waals surface area (Å²) in [5.41, 5.74) is 0. The Morgan fingerprint density at radius 2 is 2.07 bits per heavy atom. The summed E-state index contributed by atoms with van der Waals surface area (Å²) in [6, 6.07) is -0.553. The summed E-state index contributed by atoms with van der Waals surface area (Å²) in [5, 5.41) is 2.66. The van der Waals surface area contributed by atoms with Gasteiger partial charge in [0.2, 0.25) is 15.9 Å². The van der Waals surface area contributed by atoms with Crippen molar-refractivity contribution in [1.29, 1.82) is 0 Å². The van der Waals surface area contributed by atoms with Crippen LogP contribution in [-0.4, -0.2) is 32.7 Å². The fraction of sp³-hybridized carbons (Fsp3) is 0.889. The van der Waals surface area contributed by atoms with Crippen molar-refractivity contribution in [3.05, 3.63) is 0 Å². The Hall–Kier alpha value is -0.620. The van der Waals surface area contributed by atoms with Crippen LogP contribution in [0.5, 0.6) is 0 Å². The smallest absolute Gasteiger partial charge is 0.238 e. The maximum absolute atomic E-state index is 11.6. The first-order valence-electron chi connectivity index (χ1n) is 5.34. The molecule has 2 N–H and O–H groups in total. The van der Waals surface area contributed by atoms with Gasteiger partial charge in [0, 0.05) is 6.54 Å². The van der Waals surface area contributed by atoms with E-state index in [2.05, 4.69) is 10.0 Å². The van der Waals surface area contributed by atoms with Crippen LogP contribution in [0.3, 0.4) is 0 Å². The van der Waals surface area contributed by atoms with Crippen molar-refractivity contribution in [2.75, 3.05) is 12.3 Å². The third-order valence-electron chi connectivity index (χ3n) is 2.76. The van der Waals surface area contributed by atoms with E-state index >= 15 is 0 Å². The minimum Gasteiger partial charge on any atom is -0.355 e. The standard InChI is InChI=1S/C9H16N2O3S/c12-9-8(2-1-5-10-9)11-15(13,14)6-7-3-4-7/h7-8,11H,1-6H2,(H,10,12)/t8-/m0/s1. The molecule has 1 amide bonds. The number of carbonyl (C=O) groups is 1. The molecular formula is C9H16N2O3S. The van der Waals surface area contributed by atoms with Crippen LogP contribution in [0.1, 0.15) is 25.7 Å². The summed E-state index contributed by atoms with van der Waals surface area (Å²) < 4.78 is 25.7. The number of nitrogens with one attached hydrogen (secondary N) is 2. The number of piperidine rings is 1. The molecule has 1 aliphatic carbocycles. The van der Waals surface area contributed by atoms with Crippen LogP contribution >= 0.6 is 0 Å². The van der Waals surface area contributed by atoms with E-state index in [4.69, 9.17) is 0 Å². The predicted octanol–water partition coefficient (Wildman–Crippen LogP) is -0.406. The quantitative estimate of drug-likeness (QED) is 0.692. The molecule has 0 aromatic carbocycles. The first-order chi connectivity index (χ1) is 7.07. The van der Waals surface area contributed by atoms with Crippen LogP contribution in [0.25, 0.3) is 0 Å². The average molecular weight is 232 g/mol. The van der Waals surface area contributed by atoms with Crippen LogP contribution in [0.15, 0.2) is 0 Å². The van der Waals surface area contributed by atoms with Crippen LogP contribution < -0.4 is 10.0 Å². The number of carbonyl (C=O) groups excluding carboxylic acids is 1. The van der Waals surface area contributed by atoms with Gasteiger partial charge < -0.3 is 5.32 Å². The zero-order chi connectivity index (χ0) is 10.9. The molecule has 0 radical (unpaired) electrons. The highest BCUT2D eigenvalue weighted by atomic mass is 32.2. The molecular weight excluding hydrogens is 216 g/mol. The zero-order valence-electron chi connectivity index (χ0n) is 8.53. The monoisotopic (exact) mass is 232 g/mol. The molecule has 2 rings (SSSR count). The molecule has 1 atom stereocenters. The second kappa shape index (κ2) is 4.09. The summed E-state index contributed by atoms with van der Waals surface area (Å²) in [6.45, 7) is 0.652. The van der Waals surface area contributed by atoms with Crippen LogP contribution in [0.2, 0.25) is 0 Å². The van der Waals surface area contributed by atoms with E-state index < -0.39 is 16.1 Å². The number of sulfonamides is 1. The minimum atomic E-state index is -3.26. The van der Waals surface area contributed by atoms with Gasteiger partial charge in [0.25, 0.3) is 0 Å². The maximum Gasteiger partial charge on any atom is 0.238 e. The normalized spacial score (nSPS) is 27.5. The molecule has 2 aliphatic rings. The molecule has 0 aromatic rings. The molecule has 0 unspecified atom stereocenters. The molecule has 86 valence electrons. The van der Waals surface area contributed by atoms with Gasteiger partial charge in [0.15, 0.2) is 0 Å². The number of hydrogen-bond acceptors (Lipinski definition) is 3. The lowest BCUT2D eigenvalue weighted by Crippen LogP contribution is -2.50. The van der Waals surface area contributed by atoms with E-state index in [-0.39, 0.29) is 11.7 Å². The van der Waals surface area contributed by atoms with Crippen LogP contribution in [-0.2, 0) is 14.8 Å². The molecule has 1 aliphatic heterocycles. The summed E-state index contributed by atoms with van der Waals surface area (Å²) in [5.74, 6) is 0.298. The fourth-order valence-electron chi connectivity index (χ4n) is 1.74. The highest BCUT2D eigenvalue weighted by Crippen LogP contribution is 2.30. The Balaban J connectivity index is 1.90. The highest BCUT2D eigenvalue weighted by Gasteiger charge is 2.31. The van der Waals surface area contributed by atoms with Crippen LogP contribution in [0.4, 0.5) is 0 Å². The van der Waals surface area contributed by atoms with Crippen molar-refractivity contribution in [1.82, 2.24) is 10.0 Å². The Labute approximate surface area is 89.7 Å². The van der Waals surface area contributed by atoms with Gasteiger partial charge in [-0.2, -0.15) is 0 Å². The molecule has 1 saturated carbocycles. The van der Waals surface area contributed by atoms with E-state index in [1.807, 2.05) is 0 Å². The third-order valence-corrected chi connectivity index (χ3v) is 4.31. The Kier molecular flexibility index (Phi) is 2.97. The van der Waals surface area contributed by atoms with Gasteiger partial charge in [0.1, 0.15) is 6.04 Å². The Morgan fingerprint density at radius 3 is 2.67 bits per heavy atom. The second-order valence-corrected chi connectivity index (χ2v) is 6.13. The molecule has 1 saturated heterocycles. The third kappa shape index (κ3) is 3.17. The second-order valence-electron chi connectivity index (χ2n) is 4.33. The zero-order valence-corrected chi connectivity index (χ0v) is 9.35. The molecule has 0 bridgehead atoms. The van der Waals surface area contributed by atoms with Crippen LogP contribution in [0, 0.1) is 5.92 Å². The molecule has 6 heteroatoms. The Morgan fingerprint density at radius 1 is 1.33 bits per heavy atom. The molecule has 5 nitrogen and oxygen atoms in total. The molecule has 0 aromatic heterocycles. The van der Waals surface area contributed by atoms with Crippen molar-refractivity contribution in [3.8, 4) is 0 Å². The van der Waals surface area contributed by atoms with Crippen molar-refractivity contribution in [2.24, 2.45) is 5.92 Å². The van der Waals surface area contributed by atoms with Crippen molar-refractivity contribution in [2.45, 2.75) is 31.7 Å². The lowest BCUT2D eigenvalue weighted by atomic mass is 10.1. The number of amides is 1. The Bertz CT molecular complexity index is 348. The summed E-state index contributed by atoms with van der Waals surface area (Å²) >= 11 is 0. The minimum absolute atomic E-state index is 0.177. The topological polar surface area (TPSA) is 75.3 Å². The van der Waals surface area contributed by atoms with E-state index in [9.17, 15) is 13.2 Å². The lowest BCUT2D eigenvalue weighted by Gasteiger charge is -2.22. The molecule has 1 heterocycles. The van der Waals surface area contributed by atoms with Gasteiger partial charge >= 0.3 is 0 Å². The fourth-order valence-corrected chi connectivity index (χ4v) is 3.45. The maximum atomic E-state index is 11.6. The summed E-state index contributed by atoms with van der Waals surface area (Å²) in [4.78, 5) is 11.3. The van der Waals surface area contributed by atoms with Gasteiger partial charge in [-0.25, -0.2) is 13.1 Å². The largest absolute Gasteiger partial charge is 0.355 e. The van der Waals surface area contributed by atoms with Crippen molar-refractivity contribution >= 4 is 15.9 Å². The molecule has 2 fully saturated rings. The average Bonchev–Trinajstić information content (AvgIpc) is 2.91. The SMILES string of the molecule is O=C1NCCC[C@@H]1NS(=O)(=O)CC1CC1. The van der Waals surface area contributed by atoms with Gasteiger partial charge in [-0.3, -0.25) is 4.79 Å². The first-order valence-corrected chi connectivity index (χ1v) is 7.00. The van der Waals surface area contributed by atoms with Crippen molar-refractivity contribution in [3.63, 3.8) is 0 Å². The molecule has 15 heavy (non-hydrogen) atoms. The molecule has 0 spiro atoms. The summed E-state index contributed by atoms with van der Waals surface area (Å²) in [7, 11) is -3.26. The van der Waals surface area contributed by atoms with Gasteiger partial charge in [0.05, 0.1) is 5.75 Å². The number of rotatable bonds is 4. The highest BCUT2D eigenvalue weighted by molar-refractivity contribution is 7.89. The lowest BCUT2D eigenvalue weighted by molar-refractivity contribution is -0.124. The van der Waals surface area contributed by atoms with Crippen molar-refractivity contribution < 1.29 is 13.2 Å².